The predicted molar refractivity (Wildman–Crippen MR) is 96.5 cm³/mol. The largest absolute Gasteiger partial charge is 0.481 e. The van der Waals surface area contributed by atoms with Crippen molar-refractivity contribution in [3.63, 3.8) is 0 Å². The molecule has 0 fully saturated rings. The van der Waals surface area contributed by atoms with Crippen LogP contribution in [-0.4, -0.2) is 21.6 Å². The summed E-state index contributed by atoms with van der Waals surface area (Å²) in [6, 6.07) is 14.8. The number of aliphatic carboxylic acids is 1. The summed E-state index contributed by atoms with van der Waals surface area (Å²) < 4.78 is 2.57. The number of hydrogen-bond donors (Lipinski definition) is 1. The van der Waals surface area contributed by atoms with Crippen LogP contribution in [0.1, 0.15) is 28.0 Å². The fourth-order valence-corrected chi connectivity index (χ4v) is 3.34. The van der Waals surface area contributed by atoms with E-state index in [0.717, 1.165) is 26.6 Å². The molecule has 0 aliphatic rings. The highest BCUT2D eigenvalue weighted by atomic mass is 79.9. The summed E-state index contributed by atoms with van der Waals surface area (Å²) in [5.41, 5.74) is 3.09. The van der Waals surface area contributed by atoms with Gasteiger partial charge < -0.3 is 5.11 Å². The fraction of sp³-hybridized carbons (Fsp3) is 0.158. The predicted octanol–water partition coefficient (Wildman–Crippen LogP) is 4.42. The molecule has 2 aromatic carbocycles. The average Bonchev–Trinajstić information content (AvgIpc) is 2.84. The van der Waals surface area contributed by atoms with Gasteiger partial charge in [-0.05, 0) is 49.2 Å². The Morgan fingerprint density at radius 1 is 1.12 bits per heavy atom. The van der Waals surface area contributed by atoms with Crippen molar-refractivity contribution in [3.8, 4) is 0 Å². The second-order valence-electron chi connectivity index (χ2n) is 5.63. The van der Waals surface area contributed by atoms with Crippen LogP contribution in [0.25, 0.3) is 10.9 Å². The standard InChI is InChI=1S/C19H16BrNO3/c1-12-15(8-10-18(22)23)16-11-14(20)7-9-17(16)21(12)19(24)13-5-3-2-4-6-13/h2-7,9,11H,8,10H2,1H3,(H,22,23). The Balaban J connectivity index is 2.19. The van der Waals surface area contributed by atoms with Gasteiger partial charge in [0, 0.05) is 27.5 Å². The van der Waals surface area contributed by atoms with E-state index in [2.05, 4.69) is 15.9 Å². The zero-order valence-electron chi connectivity index (χ0n) is 13.1. The Morgan fingerprint density at radius 2 is 1.83 bits per heavy atom. The normalized spacial score (nSPS) is 10.9. The SMILES string of the molecule is Cc1c(CCC(=O)O)c2cc(Br)ccc2n1C(=O)c1ccccc1. The van der Waals surface area contributed by atoms with Crippen LogP contribution in [-0.2, 0) is 11.2 Å². The quantitative estimate of drug-likeness (QED) is 0.722. The van der Waals surface area contributed by atoms with Gasteiger partial charge in [-0.15, -0.1) is 0 Å². The molecule has 0 spiro atoms. The van der Waals surface area contributed by atoms with Gasteiger partial charge in [0.15, 0.2) is 0 Å². The summed E-state index contributed by atoms with van der Waals surface area (Å²) in [6.07, 6.45) is 0.426. The third kappa shape index (κ3) is 2.99. The minimum atomic E-state index is -0.848. The molecule has 0 aliphatic heterocycles. The molecule has 1 aromatic heterocycles. The van der Waals surface area contributed by atoms with Gasteiger partial charge in [0.05, 0.1) is 5.52 Å². The van der Waals surface area contributed by atoms with E-state index in [9.17, 15) is 9.59 Å². The first kappa shape index (κ1) is 16.5. The van der Waals surface area contributed by atoms with Crippen LogP contribution in [0.4, 0.5) is 0 Å². The van der Waals surface area contributed by atoms with Crippen LogP contribution >= 0.6 is 15.9 Å². The number of rotatable bonds is 4. The number of aryl methyl sites for hydroxylation is 1. The lowest BCUT2D eigenvalue weighted by Crippen LogP contribution is -2.13. The highest BCUT2D eigenvalue weighted by Crippen LogP contribution is 2.30. The van der Waals surface area contributed by atoms with Crippen LogP contribution in [0, 0.1) is 6.92 Å². The summed E-state index contributed by atoms with van der Waals surface area (Å²) in [5.74, 6) is -0.957. The molecule has 5 heteroatoms. The fourth-order valence-electron chi connectivity index (χ4n) is 2.97. The Bertz CT molecular complexity index is 929. The van der Waals surface area contributed by atoms with Crippen molar-refractivity contribution in [2.24, 2.45) is 0 Å². The third-order valence-corrected chi connectivity index (χ3v) is 4.60. The molecule has 0 saturated carbocycles. The molecular formula is C19H16BrNO3. The number of carbonyl (C=O) groups excluding carboxylic acids is 1. The number of carbonyl (C=O) groups is 2. The van der Waals surface area contributed by atoms with Crippen LogP contribution in [0.2, 0.25) is 0 Å². The molecule has 122 valence electrons. The molecule has 0 saturated heterocycles. The molecule has 0 atom stereocenters. The van der Waals surface area contributed by atoms with Crippen molar-refractivity contribution < 1.29 is 14.7 Å². The number of carboxylic acids is 1. The van der Waals surface area contributed by atoms with Crippen LogP contribution in [0.3, 0.4) is 0 Å². The van der Waals surface area contributed by atoms with Gasteiger partial charge in [-0.2, -0.15) is 0 Å². The third-order valence-electron chi connectivity index (χ3n) is 4.11. The Labute approximate surface area is 147 Å². The van der Waals surface area contributed by atoms with Crippen LogP contribution < -0.4 is 0 Å². The van der Waals surface area contributed by atoms with E-state index >= 15 is 0 Å². The number of carboxylic acid groups (broad SMARTS) is 1. The number of fused-ring (bicyclic) bond motifs is 1. The Kier molecular flexibility index (Phi) is 4.53. The lowest BCUT2D eigenvalue weighted by molar-refractivity contribution is -0.136. The molecule has 0 radical (unpaired) electrons. The molecular weight excluding hydrogens is 370 g/mol. The van der Waals surface area contributed by atoms with Crippen molar-refractivity contribution in [2.75, 3.05) is 0 Å². The first-order valence-corrected chi connectivity index (χ1v) is 8.39. The highest BCUT2D eigenvalue weighted by Gasteiger charge is 2.20. The lowest BCUT2D eigenvalue weighted by atomic mass is 10.1. The molecule has 3 rings (SSSR count). The number of nitrogens with zero attached hydrogens (tertiary/aromatic N) is 1. The van der Waals surface area contributed by atoms with E-state index in [1.54, 1.807) is 16.7 Å². The van der Waals surface area contributed by atoms with Crippen molar-refractivity contribution in [1.29, 1.82) is 0 Å². The zero-order valence-corrected chi connectivity index (χ0v) is 14.7. The number of benzene rings is 2. The molecule has 24 heavy (non-hydrogen) atoms. The van der Waals surface area contributed by atoms with Crippen molar-refractivity contribution >= 4 is 38.7 Å². The maximum absolute atomic E-state index is 13.0. The number of aromatic nitrogens is 1. The molecule has 3 aromatic rings. The average molecular weight is 386 g/mol. The minimum Gasteiger partial charge on any atom is -0.481 e. The monoisotopic (exact) mass is 385 g/mol. The van der Waals surface area contributed by atoms with E-state index < -0.39 is 5.97 Å². The smallest absolute Gasteiger partial charge is 0.303 e. The van der Waals surface area contributed by atoms with Gasteiger partial charge in [-0.25, -0.2) is 0 Å². The van der Waals surface area contributed by atoms with Gasteiger partial charge in [0.2, 0.25) is 0 Å². The summed E-state index contributed by atoms with van der Waals surface area (Å²) in [7, 11) is 0. The Hall–Kier alpha value is -2.40. The molecule has 1 N–H and O–H groups in total. The summed E-state index contributed by atoms with van der Waals surface area (Å²) >= 11 is 3.45. The van der Waals surface area contributed by atoms with Gasteiger partial charge in [0.25, 0.3) is 5.91 Å². The van der Waals surface area contributed by atoms with Gasteiger partial charge in [-0.1, -0.05) is 34.1 Å². The second-order valence-corrected chi connectivity index (χ2v) is 6.54. The van der Waals surface area contributed by atoms with Gasteiger partial charge in [-0.3, -0.25) is 14.2 Å². The lowest BCUT2D eigenvalue weighted by Gasteiger charge is -2.07. The maximum Gasteiger partial charge on any atom is 0.303 e. The van der Waals surface area contributed by atoms with E-state index in [-0.39, 0.29) is 12.3 Å². The maximum atomic E-state index is 13.0. The number of hydrogen-bond acceptors (Lipinski definition) is 2. The van der Waals surface area contributed by atoms with E-state index in [1.165, 1.54) is 0 Å². The minimum absolute atomic E-state index is 0.0337. The summed E-state index contributed by atoms with van der Waals surface area (Å²) in [5, 5.41) is 9.91. The van der Waals surface area contributed by atoms with E-state index in [0.29, 0.717) is 12.0 Å². The van der Waals surface area contributed by atoms with Crippen molar-refractivity contribution in [1.82, 2.24) is 4.57 Å². The van der Waals surface area contributed by atoms with E-state index in [4.69, 9.17) is 5.11 Å². The molecule has 0 unspecified atom stereocenters. The molecule has 4 nitrogen and oxygen atoms in total. The Morgan fingerprint density at radius 3 is 2.50 bits per heavy atom. The van der Waals surface area contributed by atoms with Gasteiger partial charge in [0.1, 0.15) is 0 Å². The molecule has 1 heterocycles. The van der Waals surface area contributed by atoms with Gasteiger partial charge >= 0.3 is 5.97 Å². The van der Waals surface area contributed by atoms with Crippen LogP contribution in [0.15, 0.2) is 53.0 Å². The molecule has 0 bridgehead atoms. The van der Waals surface area contributed by atoms with E-state index in [1.807, 2.05) is 43.3 Å². The first-order chi connectivity index (χ1) is 11.5. The topological polar surface area (TPSA) is 59.3 Å². The first-order valence-electron chi connectivity index (χ1n) is 7.60. The van der Waals surface area contributed by atoms with Crippen molar-refractivity contribution in [3.05, 3.63) is 69.8 Å². The second kappa shape index (κ2) is 6.61. The zero-order chi connectivity index (χ0) is 17.3. The summed E-state index contributed by atoms with van der Waals surface area (Å²) in [4.78, 5) is 23.9. The van der Waals surface area contributed by atoms with Crippen LogP contribution in [0.5, 0.6) is 0 Å². The molecule has 0 aliphatic carbocycles. The summed E-state index contributed by atoms with van der Waals surface area (Å²) in [6.45, 7) is 1.87. The van der Waals surface area contributed by atoms with Crippen molar-refractivity contribution in [2.45, 2.75) is 19.8 Å². The molecule has 0 amide bonds. The number of halogens is 1. The highest BCUT2D eigenvalue weighted by molar-refractivity contribution is 9.10.